The first kappa shape index (κ1) is 13.1. The zero-order chi connectivity index (χ0) is 12.2. The number of carbonyl (C=O) groups excluding carboxylic acids is 1. The van der Waals surface area contributed by atoms with Crippen LogP contribution in [0.15, 0.2) is 11.7 Å². The van der Waals surface area contributed by atoms with Gasteiger partial charge in [-0.3, -0.25) is 9.78 Å². The summed E-state index contributed by atoms with van der Waals surface area (Å²) in [6, 6.07) is 0. The van der Waals surface area contributed by atoms with E-state index in [9.17, 15) is 4.79 Å². The molecule has 0 aliphatic rings. The first-order valence-electron chi connectivity index (χ1n) is 5.38. The van der Waals surface area contributed by atoms with Gasteiger partial charge in [-0.2, -0.15) is 0 Å². The van der Waals surface area contributed by atoms with E-state index >= 15 is 0 Å². The van der Waals surface area contributed by atoms with E-state index < -0.39 is 0 Å². The normalized spacial score (nSPS) is 11.5. The molecule has 0 saturated heterocycles. The summed E-state index contributed by atoms with van der Waals surface area (Å²) in [5.41, 5.74) is 7.31. The Labute approximate surface area is 100 Å². The maximum atomic E-state index is 12.1. The van der Waals surface area contributed by atoms with Gasteiger partial charge in [0.1, 0.15) is 4.88 Å². The number of thiazole rings is 1. The Hall–Kier alpha value is -0.940. The van der Waals surface area contributed by atoms with Gasteiger partial charge in [-0.05, 0) is 18.9 Å². The summed E-state index contributed by atoms with van der Waals surface area (Å²) in [7, 11) is 0. The van der Waals surface area contributed by atoms with E-state index in [4.69, 9.17) is 5.73 Å². The summed E-state index contributed by atoms with van der Waals surface area (Å²) in [5, 5.41) is 0. The lowest BCUT2D eigenvalue weighted by Crippen LogP contribution is -2.41. The summed E-state index contributed by atoms with van der Waals surface area (Å²) in [6.45, 7) is 8.05. The number of rotatable bonds is 5. The van der Waals surface area contributed by atoms with Crippen LogP contribution in [0.3, 0.4) is 0 Å². The van der Waals surface area contributed by atoms with Gasteiger partial charge in [0.15, 0.2) is 0 Å². The van der Waals surface area contributed by atoms with Crippen molar-refractivity contribution >= 4 is 17.2 Å². The monoisotopic (exact) mass is 241 g/mol. The predicted molar refractivity (Wildman–Crippen MR) is 66.5 cm³/mol. The van der Waals surface area contributed by atoms with Crippen LogP contribution in [0, 0.1) is 5.41 Å². The van der Waals surface area contributed by atoms with E-state index in [2.05, 4.69) is 18.8 Å². The Balaban J connectivity index is 2.72. The van der Waals surface area contributed by atoms with E-state index in [1.54, 1.807) is 11.7 Å². The highest BCUT2D eigenvalue weighted by molar-refractivity contribution is 7.11. The van der Waals surface area contributed by atoms with Crippen molar-refractivity contribution in [2.45, 2.75) is 20.8 Å². The van der Waals surface area contributed by atoms with Gasteiger partial charge < -0.3 is 10.6 Å². The zero-order valence-corrected chi connectivity index (χ0v) is 10.9. The van der Waals surface area contributed by atoms with Gasteiger partial charge in [-0.1, -0.05) is 13.8 Å². The second-order valence-electron chi connectivity index (χ2n) is 4.55. The molecule has 90 valence electrons. The molecule has 0 saturated carbocycles. The molecule has 0 aromatic carbocycles. The van der Waals surface area contributed by atoms with Gasteiger partial charge in [0.2, 0.25) is 0 Å². The Bertz CT molecular complexity index is 335. The molecule has 2 N–H and O–H groups in total. The van der Waals surface area contributed by atoms with E-state index in [0.29, 0.717) is 24.5 Å². The Morgan fingerprint density at radius 2 is 2.31 bits per heavy atom. The third-order valence-electron chi connectivity index (χ3n) is 2.48. The summed E-state index contributed by atoms with van der Waals surface area (Å²) in [5.74, 6) is 0.0477. The molecule has 16 heavy (non-hydrogen) atoms. The first-order chi connectivity index (χ1) is 7.50. The van der Waals surface area contributed by atoms with Crippen molar-refractivity contribution < 1.29 is 4.79 Å². The summed E-state index contributed by atoms with van der Waals surface area (Å²) >= 11 is 1.37. The van der Waals surface area contributed by atoms with Crippen molar-refractivity contribution in [3.05, 3.63) is 16.6 Å². The molecule has 1 aromatic rings. The minimum absolute atomic E-state index is 0.0453. The molecule has 0 aliphatic carbocycles. The van der Waals surface area contributed by atoms with Crippen molar-refractivity contribution in [1.29, 1.82) is 0 Å². The highest BCUT2D eigenvalue weighted by Crippen LogP contribution is 2.17. The van der Waals surface area contributed by atoms with E-state index in [0.717, 1.165) is 0 Å². The van der Waals surface area contributed by atoms with E-state index in [1.165, 1.54) is 11.3 Å². The molecule has 5 heteroatoms. The van der Waals surface area contributed by atoms with Gasteiger partial charge in [0, 0.05) is 13.1 Å². The van der Waals surface area contributed by atoms with Crippen molar-refractivity contribution in [3.8, 4) is 0 Å². The predicted octanol–water partition coefficient (Wildman–Crippen LogP) is 1.59. The summed E-state index contributed by atoms with van der Waals surface area (Å²) in [4.78, 5) is 18.5. The second-order valence-corrected chi connectivity index (χ2v) is 5.44. The fourth-order valence-electron chi connectivity index (χ4n) is 1.39. The number of nitrogens with two attached hydrogens (primary N) is 1. The molecule has 0 aliphatic heterocycles. The number of carbonyl (C=O) groups is 1. The van der Waals surface area contributed by atoms with Crippen LogP contribution in [0.5, 0.6) is 0 Å². The van der Waals surface area contributed by atoms with Crippen LogP contribution in [0.25, 0.3) is 0 Å². The maximum Gasteiger partial charge on any atom is 0.265 e. The molecule has 1 heterocycles. The molecule has 0 unspecified atom stereocenters. The third-order valence-corrected chi connectivity index (χ3v) is 3.24. The minimum atomic E-state index is -0.0453. The highest BCUT2D eigenvalue weighted by Gasteiger charge is 2.24. The molecule has 0 atom stereocenters. The third kappa shape index (κ3) is 3.28. The highest BCUT2D eigenvalue weighted by atomic mass is 32.1. The quantitative estimate of drug-likeness (QED) is 0.851. The van der Waals surface area contributed by atoms with Crippen LogP contribution in [0.4, 0.5) is 0 Å². The van der Waals surface area contributed by atoms with Gasteiger partial charge in [-0.25, -0.2) is 0 Å². The van der Waals surface area contributed by atoms with Crippen LogP contribution < -0.4 is 5.73 Å². The number of aromatic nitrogens is 1. The molecule has 0 bridgehead atoms. The fraction of sp³-hybridized carbons (Fsp3) is 0.636. The Morgan fingerprint density at radius 1 is 1.62 bits per heavy atom. The standard InChI is InChI=1S/C11H19N3OS/c1-4-14(7-11(2,3)6-12)10(15)9-5-13-8-16-9/h5,8H,4,6-7,12H2,1-3H3. The van der Waals surface area contributed by atoms with E-state index in [1.807, 2.05) is 11.8 Å². The van der Waals surface area contributed by atoms with Gasteiger partial charge >= 0.3 is 0 Å². The lowest BCUT2D eigenvalue weighted by molar-refractivity contribution is 0.0705. The van der Waals surface area contributed by atoms with Crippen molar-refractivity contribution in [2.75, 3.05) is 19.6 Å². The molecule has 1 rings (SSSR count). The van der Waals surface area contributed by atoms with Crippen LogP contribution in [-0.4, -0.2) is 35.4 Å². The molecular formula is C11H19N3OS. The van der Waals surface area contributed by atoms with Gasteiger partial charge in [0.25, 0.3) is 5.91 Å². The first-order valence-corrected chi connectivity index (χ1v) is 6.26. The molecule has 0 fully saturated rings. The average molecular weight is 241 g/mol. The van der Waals surface area contributed by atoms with Crippen molar-refractivity contribution in [2.24, 2.45) is 11.1 Å². The van der Waals surface area contributed by atoms with Crippen LogP contribution in [0.2, 0.25) is 0 Å². The molecule has 4 nitrogen and oxygen atoms in total. The number of amides is 1. The molecular weight excluding hydrogens is 222 g/mol. The average Bonchev–Trinajstić information content (AvgIpc) is 2.78. The molecule has 1 aromatic heterocycles. The summed E-state index contributed by atoms with van der Waals surface area (Å²) < 4.78 is 0. The largest absolute Gasteiger partial charge is 0.338 e. The minimum Gasteiger partial charge on any atom is -0.338 e. The van der Waals surface area contributed by atoms with Gasteiger partial charge in [0.05, 0.1) is 11.7 Å². The molecule has 1 amide bonds. The SMILES string of the molecule is CCN(CC(C)(C)CN)C(=O)c1cncs1. The van der Waals surface area contributed by atoms with Crippen LogP contribution >= 0.6 is 11.3 Å². The number of nitrogens with zero attached hydrogens (tertiary/aromatic N) is 2. The lowest BCUT2D eigenvalue weighted by atomic mass is 9.93. The van der Waals surface area contributed by atoms with Gasteiger partial charge in [-0.15, -0.1) is 11.3 Å². The Kier molecular flexibility index (Phi) is 4.44. The molecule has 0 spiro atoms. The van der Waals surface area contributed by atoms with Crippen molar-refractivity contribution in [3.63, 3.8) is 0 Å². The Morgan fingerprint density at radius 3 is 2.75 bits per heavy atom. The maximum absolute atomic E-state index is 12.1. The molecule has 0 radical (unpaired) electrons. The number of hydrogen-bond acceptors (Lipinski definition) is 4. The number of hydrogen-bond donors (Lipinski definition) is 1. The smallest absolute Gasteiger partial charge is 0.265 e. The topological polar surface area (TPSA) is 59.2 Å². The fourth-order valence-corrected chi connectivity index (χ4v) is 1.97. The van der Waals surface area contributed by atoms with Crippen molar-refractivity contribution in [1.82, 2.24) is 9.88 Å². The second kappa shape index (κ2) is 5.41. The van der Waals surface area contributed by atoms with E-state index in [-0.39, 0.29) is 11.3 Å². The summed E-state index contributed by atoms with van der Waals surface area (Å²) in [6.07, 6.45) is 1.62. The van der Waals surface area contributed by atoms with Crippen LogP contribution in [0.1, 0.15) is 30.4 Å². The lowest BCUT2D eigenvalue weighted by Gasteiger charge is -2.30. The zero-order valence-electron chi connectivity index (χ0n) is 10.1. The van der Waals surface area contributed by atoms with Crippen LogP contribution in [-0.2, 0) is 0 Å².